The van der Waals surface area contributed by atoms with Gasteiger partial charge in [0.25, 0.3) is 0 Å². The van der Waals surface area contributed by atoms with E-state index in [1.807, 2.05) is 12.1 Å². The Labute approximate surface area is 214 Å². The van der Waals surface area contributed by atoms with Crippen molar-refractivity contribution in [2.45, 2.75) is 77.7 Å². The van der Waals surface area contributed by atoms with Crippen LogP contribution in [0, 0.1) is 23.7 Å². The molecule has 1 aromatic carbocycles. The molecule has 0 aromatic heterocycles. The zero-order valence-corrected chi connectivity index (χ0v) is 21.7. The number of ether oxygens (including phenoxy) is 3. The van der Waals surface area contributed by atoms with Crippen LogP contribution in [0.4, 0.5) is 0 Å². The van der Waals surface area contributed by atoms with Crippen LogP contribution in [0.25, 0.3) is 0 Å². The average molecular weight is 501 g/mol. The highest BCUT2D eigenvalue weighted by Gasteiger charge is 2.43. The van der Waals surface area contributed by atoms with E-state index in [-0.39, 0.29) is 18.7 Å². The van der Waals surface area contributed by atoms with E-state index in [0.29, 0.717) is 23.7 Å². The van der Waals surface area contributed by atoms with Crippen LogP contribution in [-0.4, -0.2) is 42.8 Å². The standard InChI is InChI=1S/C29H40O7/c1-4-5-6-9-22(36-28(32)14-13-27(30)31)11-12-23-19(2)15-21-17-25-20(16-24(21)23)8-7-10-26(25)35-18-29(33)34-3/h7-8,10,13-14,19,21-24H,4-6,9,11-12,15-18H2,1-3H3,(H,30,31)/b14-13-/t19-,21-,22+,23+,24+/m1/s1. The first-order valence-corrected chi connectivity index (χ1v) is 13.2. The van der Waals surface area contributed by atoms with Gasteiger partial charge in [0.05, 0.1) is 7.11 Å². The molecule has 2 aliphatic rings. The molecule has 2 aliphatic carbocycles. The van der Waals surface area contributed by atoms with Crippen LogP contribution < -0.4 is 4.74 Å². The van der Waals surface area contributed by atoms with Crippen molar-refractivity contribution in [3.63, 3.8) is 0 Å². The Morgan fingerprint density at radius 3 is 2.67 bits per heavy atom. The van der Waals surface area contributed by atoms with E-state index in [1.165, 1.54) is 18.2 Å². The van der Waals surface area contributed by atoms with Crippen LogP contribution in [0.3, 0.4) is 0 Å². The summed E-state index contributed by atoms with van der Waals surface area (Å²) < 4.78 is 16.2. The minimum Gasteiger partial charge on any atom is -0.482 e. The van der Waals surface area contributed by atoms with E-state index in [2.05, 4.69) is 19.9 Å². The topological polar surface area (TPSA) is 99.1 Å². The van der Waals surface area contributed by atoms with E-state index in [1.54, 1.807) is 0 Å². The highest BCUT2D eigenvalue weighted by Crippen LogP contribution is 2.51. The van der Waals surface area contributed by atoms with Gasteiger partial charge in [-0.25, -0.2) is 14.4 Å². The fourth-order valence-electron chi connectivity index (χ4n) is 6.14. The summed E-state index contributed by atoms with van der Waals surface area (Å²) in [5.41, 5.74) is 2.51. The number of esters is 2. The maximum Gasteiger partial charge on any atom is 0.343 e. The maximum absolute atomic E-state index is 12.1. The summed E-state index contributed by atoms with van der Waals surface area (Å²) in [6, 6.07) is 6.10. The van der Waals surface area contributed by atoms with Gasteiger partial charge in [-0.3, -0.25) is 0 Å². The van der Waals surface area contributed by atoms with Crippen molar-refractivity contribution in [2.75, 3.05) is 13.7 Å². The zero-order valence-electron chi connectivity index (χ0n) is 21.7. The minimum atomic E-state index is -1.16. The second kappa shape index (κ2) is 13.5. The van der Waals surface area contributed by atoms with Gasteiger partial charge in [-0.15, -0.1) is 0 Å². The Balaban J connectivity index is 1.65. The first-order valence-electron chi connectivity index (χ1n) is 13.2. The number of methoxy groups -OCH3 is 1. The third kappa shape index (κ3) is 7.58. The molecular formula is C29H40O7. The van der Waals surface area contributed by atoms with E-state index in [0.717, 1.165) is 75.7 Å². The summed E-state index contributed by atoms with van der Waals surface area (Å²) in [4.78, 5) is 34.4. The lowest BCUT2D eigenvalue weighted by Crippen LogP contribution is -2.27. The first-order chi connectivity index (χ1) is 17.3. The number of rotatable bonds is 13. The third-order valence-electron chi connectivity index (χ3n) is 7.88. The number of carboxylic acid groups (broad SMARTS) is 1. The fourth-order valence-corrected chi connectivity index (χ4v) is 6.14. The van der Waals surface area contributed by atoms with Crippen molar-refractivity contribution in [3.8, 4) is 5.75 Å². The summed E-state index contributed by atoms with van der Waals surface area (Å²) in [6.45, 7) is 4.39. The largest absolute Gasteiger partial charge is 0.482 e. The number of hydrogen-bond donors (Lipinski definition) is 1. The number of carbonyl (C=O) groups excluding carboxylic acids is 2. The van der Waals surface area contributed by atoms with E-state index >= 15 is 0 Å². The molecule has 3 rings (SSSR count). The second-order valence-corrected chi connectivity index (χ2v) is 10.3. The van der Waals surface area contributed by atoms with Crippen molar-refractivity contribution < 1.29 is 33.7 Å². The van der Waals surface area contributed by atoms with Gasteiger partial charge in [-0.1, -0.05) is 38.8 Å². The lowest BCUT2D eigenvalue weighted by atomic mass is 9.73. The van der Waals surface area contributed by atoms with E-state index in [4.69, 9.17) is 19.3 Å². The number of hydrogen-bond acceptors (Lipinski definition) is 6. The minimum absolute atomic E-state index is 0.0835. The van der Waals surface area contributed by atoms with Gasteiger partial charge in [-0.2, -0.15) is 0 Å². The molecule has 0 heterocycles. The highest BCUT2D eigenvalue weighted by atomic mass is 16.6. The van der Waals surface area contributed by atoms with Crippen LogP contribution in [-0.2, 0) is 36.7 Å². The van der Waals surface area contributed by atoms with Crippen molar-refractivity contribution >= 4 is 17.9 Å². The normalized spacial score (nSPS) is 23.5. The van der Waals surface area contributed by atoms with Crippen LogP contribution in [0.15, 0.2) is 30.4 Å². The average Bonchev–Trinajstić information content (AvgIpc) is 3.16. The third-order valence-corrected chi connectivity index (χ3v) is 7.88. The Morgan fingerprint density at radius 1 is 1.14 bits per heavy atom. The van der Waals surface area contributed by atoms with Crippen LogP contribution in [0.5, 0.6) is 5.75 Å². The second-order valence-electron chi connectivity index (χ2n) is 10.3. The summed E-state index contributed by atoms with van der Waals surface area (Å²) in [5, 5.41) is 8.79. The van der Waals surface area contributed by atoms with Crippen molar-refractivity contribution in [2.24, 2.45) is 23.7 Å². The molecule has 5 atom stereocenters. The lowest BCUT2D eigenvalue weighted by Gasteiger charge is -2.33. The van der Waals surface area contributed by atoms with Gasteiger partial charge in [0.2, 0.25) is 0 Å². The van der Waals surface area contributed by atoms with Gasteiger partial charge < -0.3 is 19.3 Å². The number of benzene rings is 1. The number of fused-ring (bicyclic) bond motifs is 2. The molecular weight excluding hydrogens is 460 g/mol. The molecule has 7 heteroatoms. The van der Waals surface area contributed by atoms with Crippen LogP contribution in [0.1, 0.15) is 69.9 Å². The number of carbonyl (C=O) groups is 3. The molecule has 1 saturated carbocycles. The smallest absolute Gasteiger partial charge is 0.343 e. The molecule has 198 valence electrons. The molecule has 1 aromatic rings. The van der Waals surface area contributed by atoms with Crippen LogP contribution >= 0.6 is 0 Å². The summed E-state index contributed by atoms with van der Waals surface area (Å²) in [6.07, 6.45) is 10.5. The van der Waals surface area contributed by atoms with E-state index < -0.39 is 11.9 Å². The number of carboxylic acids is 1. The van der Waals surface area contributed by atoms with E-state index in [9.17, 15) is 14.4 Å². The molecule has 0 aliphatic heterocycles. The molecule has 1 N–H and O–H groups in total. The molecule has 0 radical (unpaired) electrons. The van der Waals surface area contributed by atoms with Gasteiger partial charge in [0.15, 0.2) is 6.61 Å². The SMILES string of the molecule is CCCCC[C@@H](CC[C@@H]1[C@H]2Cc3cccc(OCC(=O)OC)c3C[C@H]2C[C@H]1C)OC(=O)/C=C\C(=O)O. The van der Waals surface area contributed by atoms with Gasteiger partial charge in [-0.05, 0) is 85.8 Å². The van der Waals surface area contributed by atoms with Crippen molar-refractivity contribution in [3.05, 3.63) is 41.5 Å². The molecule has 0 unspecified atom stereocenters. The zero-order chi connectivity index (χ0) is 26.1. The maximum atomic E-state index is 12.1. The highest BCUT2D eigenvalue weighted by molar-refractivity contribution is 5.90. The Bertz CT molecular complexity index is 938. The molecule has 36 heavy (non-hydrogen) atoms. The molecule has 0 amide bonds. The molecule has 7 nitrogen and oxygen atoms in total. The number of unbranched alkanes of at least 4 members (excludes halogenated alkanes) is 2. The van der Waals surface area contributed by atoms with Gasteiger partial charge in [0.1, 0.15) is 11.9 Å². The molecule has 0 spiro atoms. The van der Waals surface area contributed by atoms with Gasteiger partial charge in [0, 0.05) is 12.2 Å². The van der Waals surface area contributed by atoms with Crippen molar-refractivity contribution in [1.82, 2.24) is 0 Å². The molecule has 1 fully saturated rings. The molecule has 0 bridgehead atoms. The summed E-state index contributed by atoms with van der Waals surface area (Å²) >= 11 is 0. The quantitative estimate of drug-likeness (QED) is 0.227. The Hall–Kier alpha value is -2.83. The number of aliphatic carboxylic acids is 1. The first kappa shape index (κ1) is 27.8. The monoisotopic (exact) mass is 500 g/mol. The predicted octanol–water partition coefficient (Wildman–Crippen LogP) is 5.14. The summed E-state index contributed by atoms with van der Waals surface area (Å²) in [7, 11) is 1.36. The van der Waals surface area contributed by atoms with Crippen molar-refractivity contribution in [1.29, 1.82) is 0 Å². The molecule has 0 saturated heterocycles. The summed E-state index contributed by atoms with van der Waals surface area (Å²) in [5.74, 6) is 0.923. The Kier molecular flexibility index (Phi) is 10.4. The van der Waals surface area contributed by atoms with Gasteiger partial charge >= 0.3 is 17.9 Å². The fraction of sp³-hybridized carbons (Fsp3) is 0.621. The van der Waals surface area contributed by atoms with Crippen LogP contribution in [0.2, 0.25) is 0 Å². The predicted molar refractivity (Wildman–Crippen MR) is 136 cm³/mol. The Morgan fingerprint density at radius 2 is 1.94 bits per heavy atom. The lowest BCUT2D eigenvalue weighted by molar-refractivity contribution is -0.144.